The van der Waals surface area contributed by atoms with E-state index in [0.29, 0.717) is 19.4 Å². The summed E-state index contributed by atoms with van der Waals surface area (Å²) >= 11 is 0. The molecule has 0 heterocycles. The highest BCUT2D eigenvalue weighted by Gasteiger charge is 2.32. The third kappa shape index (κ3) is 18.2. The molecule has 1 aliphatic rings. The highest BCUT2D eigenvalue weighted by atomic mass is 16.2. The van der Waals surface area contributed by atoms with Crippen LogP contribution in [0.5, 0.6) is 0 Å². The van der Waals surface area contributed by atoms with Crippen LogP contribution in [-0.2, 0) is 19.2 Å². The molecule has 0 saturated heterocycles. The molecule has 240 valence electrons. The fourth-order valence-corrected chi connectivity index (χ4v) is 4.39. The zero-order valence-electron chi connectivity index (χ0n) is 27.0. The Morgan fingerprint density at radius 3 is 2.14 bits per heavy atom. The number of amides is 5. The first kappa shape index (κ1) is 40.8. The highest BCUT2D eigenvalue weighted by molar-refractivity contribution is 6.38. The first-order chi connectivity index (χ1) is 20.2. The van der Waals surface area contributed by atoms with Crippen molar-refractivity contribution in [1.29, 1.82) is 0 Å². The summed E-state index contributed by atoms with van der Waals surface area (Å²) < 4.78 is 0. The molecular weight excluding hydrogens is 534 g/mol. The number of likely N-dealkylation sites (N-methyl/N-ethyl adjacent to an activating group) is 1. The predicted molar refractivity (Wildman–Crippen MR) is 170 cm³/mol. The number of rotatable bonds is 15. The molecule has 0 spiro atoms. The molecule has 1 fully saturated rings. The summed E-state index contributed by atoms with van der Waals surface area (Å²) in [6.45, 7) is 12.3. The number of Topliss-reactive ketones (excluding diaryl/α,β-unsaturated/α-hetero) is 1. The third-order valence-electron chi connectivity index (χ3n) is 6.53. The Kier molecular flexibility index (Phi) is 25.8. The van der Waals surface area contributed by atoms with Crippen molar-refractivity contribution in [2.24, 2.45) is 5.92 Å². The normalized spacial score (nSPS) is 13.9. The largest absolute Gasteiger partial charge is 0.346 e. The van der Waals surface area contributed by atoms with Gasteiger partial charge in [-0.05, 0) is 38.0 Å². The number of hydrogen-bond donors (Lipinski definition) is 4. The second-order valence-electron chi connectivity index (χ2n) is 10.1. The van der Waals surface area contributed by atoms with E-state index in [2.05, 4.69) is 47.6 Å². The van der Waals surface area contributed by atoms with E-state index in [9.17, 15) is 24.0 Å². The quantitative estimate of drug-likeness (QED) is 0.0748. The third-order valence-corrected chi connectivity index (χ3v) is 6.53. The monoisotopic (exact) mass is 591 g/mol. The molecule has 5 amide bonds. The molecule has 42 heavy (non-hydrogen) atoms. The molecule has 0 aliphatic heterocycles. The molecule has 2 unspecified atom stereocenters. The summed E-state index contributed by atoms with van der Waals surface area (Å²) in [6, 6.07) is -1.95. The lowest BCUT2D eigenvalue weighted by Crippen LogP contribution is -2.53. The van der Waals surface area contributed by atoms with Gasteiger partial charge in [0.25, 0.3) is 5.91 Å². The summed E-state index contributed by atoms with van der Waals surface area (Å²) in [4.78, 5) is 63.6. The van der Waals surface area contributed by atoms with Crippen molar-refractivity contribution in [3.8, 4) is 12.3 Å². The fourth-order valence-electron chi connectivity index (χ4n) is 4.39. The first-order valence-corrected chi connectivity index (χ1v) is 15.6. The molecule has 0 aromatic rings. The van der Waals surface area contributed by atoms with Gasteiger partial charge in [0, 0.05) is 40.0 Å². The van der Waals surface area contributed by atoms with Crippen LogP contribution in [-0.4, -0.2) is 73.7 Å². The van der Waals surface area contributed by atoms with Crippen molar-refractivity contribution < 1.29 is 24.0 Å². The lowest BCUT2D eigenvalue weighted by Gasteiger charge is -2.30. The maximum Gasteiger partial charge on any atom is 0.315 e. The molecule has 4 N–H and O–H groups in total. The Morgan fingerprint density at radius 1 is 1.02 bits per heavy atom. The maximum atomic E-state index is 13.2. The minimum absolute atomic E-state index is 0.0988. The van der Waals surface area contributed by atoms with Gasteiger partial charge < -0.3 is 26.2 Å². The van der Waals surface area contributed by atoms with Crippen LogP contribution >= 0.6 is 0 Å². The van der Waals surface area contributed by atoms with Crippen LogP contribution in [0.15, 0.2) is 12.7 Å². The number of carbonyl (C=O) groups is 5. The van der Waals surface area contributed by atoms with Gasteiger partial charge in [-0.15, -0.1) is 18.9 Å². The zero-order chi connectivity index (χ0) is 32.3. The Hall–Kier alpha value is -3.35. The molecule has 1 aliphatic carbocycles. The predicted octanol–water partition coefficient (Wildman–Crippen LogP) is 4.10. The highest BCUT2D eigenvalue weighted by Crippen LogP contribution is 2.26. The van der Waals surface area contributed by atoms with Gasteiger partial charge in [-0.3, -0.25) is 19.2 Å². The van der Waals surface area contributed by atoms with Gasteiger partial charge in [0.2, 0.25) is 17.6 Å². The van der Waals surface area contributed by atoms with Crippen molar-refractivity contribution in [2.45, 2.75) is 117 Å². The van der Waals surface area contributed by atoms with Gasteiger partial charge in [0.05, 0.1) is 6.04 Å². The van der Waals surface area contributed by atoms with Crippen molar-refractivity contribution in [2.75, 3.05) is 27.2 Å². The second kappa shape index (κ2) is 26.5. The number of terminal acetylenes is 1. The number of urea groups is 1. The van der Waals surface area contributed by atoms with E-state index in [-0.39, 0.29) is 49.6 Å². The average Bonchev–Trinajstić information content (AvgIpc) is 3.29. The minimum Gasteiger partial charge on any atom is -0.346 e. The second-order valence-corrected chi connectivity index (χ2v) is 10.1. The van der Waals surface area contributed by atoms with Crippen molar-refractivity contribution in [1.82, 2.24) is 26.2 Å². The lowest BCUT2D eigenvalue weighted by atomic mass is 9.91. The standard InChI is InChI=1S/C27H43N5O5.C3H8.C2H6/c1-5-7-16-21(24(34)25(35)29-18-6-2)30-22(33)17-12-13-19-32(4)26(36)23(31-27(37)28-3)20-14-10-8-9-11-15-20;1-3-2;1-2/h1,6,20-21,23H,2,7-19H2,3-4H3,(H,29,35)(H,30,33)(H2,28,31,37);3H2,1-2H3;1-2H3. The van der Waals surface area contributed by atoms with E-state index in [1.807, 2.05) is 13.8 Å². The van der Waals surface area contributed by atoms with E-state index in [1.54, 1.807) is 11.9 Å². The van der Waals surface area contributed by atoms with Crippen molar-refractivity contribution in [3.05, 3.63) is 12.7 Å². The van der Waals surface area contributed by atoms with E-state index in [1.165, 1.54) is 19.5 Å². The van der Waals surface area contributed by atoms with Crippen molar-refractivity contribution >= 4 is 29.5 Å². The van der Waals surface area contributed by atoms with Crippen LogP contribution in [0.4, 0.5) is 4.79 Å². The minimum atomic E-state index is -0.992. The molecule has 0 radical (unpaired) electrons. The number of nitrogens with zero attached hydrogens (tertiary/aromatic N) is 1. The van der Waals surface area contributed by atoms with Gasteiger partial charge in [-0.2, -0.15) is 0 Å². The molecule has 2 atom stereocenters. The topological polar surface area (TPSA) is 137 Å². The number of unbranched alkanes of at least 4 members (excludes halogenated alkanes) is 1. The molecular formula is C32H57N5O5. The zero-order valence-corrected chi connectivity index (χ0v) is 27.0. The average molecular weight is 592 g/mol. The number of hydrogen-bond acceptors (Lipinski definition) is 5. The summed E-state index contributed by atoms with van der Waals surface area (Å²) in [5.74, 6) is 0.477. The summed E-state index contributed by atoms with van der Waals surface area (Å²) in [7, 11) is 3.23. The number of nitrogens with one attached hydrogen (secondary N) is 4. The van der Waals surface area contributed by atoms with Gasteiger partial charge in [-0.25, -0.2) is 4.79 Å². The van der Waals surface area contributed by atoms with Crippen molar-refractivity contribution in [3.63, 3.8) is 0 Å². The molecule has 1 rings (SSSR count). The van der Waals surface area contributed by atoms with Crippen LogP contribution < -0.4 is 21.3 Å². The number of ketones is 1. The van der Waals surface area contributed by atoms with Crippen LogP contribution in [0.25, 0.3) is 0 Å². The molecule has 10 heteroatoms. The van der Waals surface area contributed by atoms with E-state index >= 15 is 0 Å². The summed E-state index contributed by atoms with van der Waals surface area (Å²) in [5.41, 5.74) is 0. The SMILES string of the molecule is C#CCCC(NC(=O)CCCCN(C)C(=O)C(NC(=O)NC)C1CCCCCC1)C(=O)C(=O)NCC=C.CC.CCC. The molecule has 0 aromatic heterocycles. The van der Waals surface area contributed by atoms with Gasteiger partial charge in [0.1, 0.15) is 6.04 Å². The molecule has 0 aromatic carbocycles. The van der Waals surface area contributed by atoms with Crippen LogP contribution in [0, 0.1) is 18.3 Å². The van der Waals surface area contributed by atoms with Crippen LogP contribution in [0.1, 0.15) is 105 Å². The van der Waals surface area contributed by atoms with Gasteiger partial charge >= 0.3 is 6.03 Å². The van der Waals surface area contributed by atoms with E-state index < -0.39 is 23.8 Å². The molecule has 10 nitrogen and oxygen atoms in total. The Labute approximate surface area is 254 Å². The van der Waals surface area contributed by atoms with Gasteiger partial charge in [0.15, 0.2) is 0 Å². The molecule has 1 saturated carbocycles. The van der Waals surface area contributed by atoms with E-state index in [4.69, 9.17) is 6.42 Å². The summed E-state index contributed by atoms with van der Waals surface area (Å²) in [5, 5.41) is 10.4. The smallest absolute Gasteiger partial charge is 0.315 e. The Morgan fingerprint density at radius 2 is 1.62 bits per heavy atom. The summed E-state index contributed by atoms with van der Waals surface area (Å²) in [6.07, 6.45) is 15.8. The maximum absolute atomic E-state index is 13.2. The van der Waals surface area contributed by atoms with Crippen LogP contribution in [0.2, 0.25) is 0 Å². The van der Waals surface area contributed by atoms with Gasteiger partial charge in [-0.1, -0.05) is 65.9 Å². The first-order valence-electron chi connectivity index (χ1n) is 15.6. The number of carbonyl (C=O) groups excluding carboxylic acids is 5. The lowest BCUT2D eigenvalue weighted by molar-refractivity contribution is -0.140. The van der Waals surface area contributed by atoms with Crippen LogP contribution in [0.3, 0.4) is 0 Å². The molecule has 0 bridgehead atoms. The Bertz CT molecular complexity index is 847. The fraction of sp³-hybridized carbons (Fsp3) is 0.719. The van der Waals surface area contributed by atoms with E-state index in [0.717, 1.165) is 38.5 Å². The Balaban J connectivity index is 0.